The second kappa shape index (κ2) is 17.8. The molecule has 144 valence electrons. The Morgan fingerprint density at radius 3 is 1.38 bits per heavy atom. The Morgan fingerprint density at radius 1 is 0.708 bits per heavy atom. The molecular weight excluding hydrogens is 312 g/mol. The van der Waals surface area contributed by atoms with Crippen LogP contribution in [0.2, 0.25) is 0 Å². The van der Waals surface area contributed by atoms with Gasteiger partial charge >= 0.3 is 0 Å². The molecule has 0 saturated carbocycles. The number of unbranched alkanes of at least 4 members (excludes halogenated alkanes) is 14. The van der Waals surface area contributed by atoms with E-state index >= 15 is 0 Å². The highest BCUT2D eigenvalue weighted by Crippen LogP contribution is 2.19. The molecule has 0 amide bonds. The van der Waals surface area contributed by atoms with E-state index in [0.29, 0.717) is 0 Å². The van der Waals surface area contributed by atoms with E-state index in [0.717, 1.165) is 6.42 Å². The highest BCUT2D eigenvalue weighted by Gasteiger charge is 2.16. The molecule has 0 aromatic heterocycles. The molecule has 0 N–H and O–H groups in total. The predicted octanol–water partition coefficient (Wildman–Crippen LogP) is 7.77. The van der Waals surface area contributed by atoms with Gasteiger partial charge in [-0.25, -0.2) is 0 Å². The van der Waals surface area contributed by atoms with Gasteiger partial charge < -0.3 is 0 Å². The van der Waals surface area contributed by atoms with Crippen molar-refractivity contribution in [2.24, 2.45) is 5.92 Å². The lowest BCUT2D eigenvalue weighted by atomic mass is 9.98. The predicted molar refractivity (Wildman–Crippen MR) is 112 cm³/mol. The van der Waals surface area contributed by atoms with Gasteiger partial charge in [-0.3, -0.25) is 4.79 Å². The fraction of sp³-hybridized carbons (Fsp3) is 0.955. The summed E-state index contributed by atoms with van der Waals surface area (Å²) in [5, 5.41) is 0.254. The second-order valence-electron chi connectivity index (χ2n) is 7.71. The quantitative estimate of drug-likeness (QED) is 0.196. The molecule has 0 rings (SSSR count). The van der Waals surface area contributed by atoms with Crippen molar-refractivity contribution in [2.45, 2.75) is 129 Å². The van der Waals surface area contributed by atoms with Crippen LogP contribution in [-0.2, 0) is 4.79 Å². The molecule has 0 aliphatic heterocycles. The first kappa shape index (κ1) is 24.0. The van der Waals surface area contributed by atoms with Gasteiger partial charge in [-0.15, -0.1) is 0 Å². The zero-order valence-corrected chi connectivity index (χ0v) is 17.7. The Balaban J connectivity index is 3.16. The van der Waals surface area contributed by atoms with Gasteiger partial charge in [0.05, 0.1) is 0 Å². The van der Waals surface area contributed by atoms with Gasteiger partial charge in [0.15, 0.2) is 0 Å². The van der Waals surface area contributed by atoms with Crippen molar-refractivity contribution < 1.29 is 4.79 Å². The topological polar surface area (TPSA) is 17.1 Å². The molecule has 0 aromatic carbocycles. The van der Waals surface area contributed by atoms with E-state index in [1.807, 2.05) is 6.92 Å². The van der Waals surface area contributed by atoms with E-state index in [1.165, 1.54) is 96.3 Å². The minimum Gasteiger partial charge on any atom is -0.300 e. The van der Waals surface area contributed by atoms with Crippen molar-refractivity contribution in [3.8, 4) is 0 Å². The van der Waals surface area contributed by atoms with Crippen LogP contribution in [0, 0.1) is 5.92 Å². The van der Waals surface area contributed by atoms with Crippen molar-refractivity contribution >= 4 is 18.4 Å². The zero-order chi connectivity index (χ0) is 18.0. The van der Waals surface area contributed by atoms with Crippen LogP contribution in [0.1, 0.15) is 124 Å². The number of hydrogen-bond donors (Lipinski definition) is 1. The standard InChI is InChI=1S/C22H44OS/c1-4-5-6-7-8-9-10-11-12-13-14-15-16-17-18-19-22(24)20(2)21(3)23/h20,22,24H,4-19H2,1-3H3. The first-order valence-corrected chi connectivity index (χ1v) is 11.3. The molecule has 0 bridgehead atoms. The summed E-state index contributed by atoms with van der Waals surface area (Å²) in [7, 11) is 0. The second-order valence-corrected chi connectivity index (χ2v) is 8.37. The molecule has 0 saturated heterocycles. The maximum atomic E-state index is 11.3. The van der Waals surface area contributed by atoms with Crippen LogP contribution in [0.25, 0.3) is 0 Å². The van der Waals surface area contributed by atoms with Gasteiger partial charge in [0.2, 0.25) is 0 Å². The lowest BCUT2D eigenvalue weighted by molar-refractivity contribution is -0.120. The molecule has 0 spiro atoms. The van der Waals surface area contributed by atoms with E-state index in [1.54, 1.807) is 6.92 Å². The molecule has 1 nitrogen and oxygen atoms in total. The fourth-order valence-corrected chi connectivity index (χ4v) is 3.64. The molecule has 2 atom stereocenters. The first-order chi connectivity index (χ1) is 11.6. The van der Waals surface area contributed by atoms with Crippen molar-refractivity contribution in [1.82, 2.24) is 0 Å². The zero-order valence-electron chi connectivity index (χ0n) is 16.8. The van der Waals surface area contributed by atoms with E-state index in [9.17, 15) is 4.79 Å². The molecule has 0 aliphatic rings. The van der Waals surface area contributed by atoms with Crippen LogP contribution < -0.4 is 0 Å². The molecule has 0 radical (unpaired) electrons. The van der Waals surface area contributed by atoms with E-state index in [4.69, 9.17) is 0 Å². The Hall–Kier alpha value is 0.0200. The van der Waals surface area contributed by atoms with Crippen molar-refractivity contribution in [3.05, 3.63) is 0 Å². The van der Waals surface area contributed by atoms with E-state index < -0.39 is 0 Å². The summed E-state index contributed by atoms with van der Waals surface area (Å²) in [6, 6.07) is 0. The van der Waals surface area contributed by atoms with E-state index in [2.05, 4.69) is 19.6 Å². The SMILES string of the molecule is CCCCCCCCCCCCCCCCCC(S)C(C)C(C)=O. The minimum atomic E-state index is 0.111. The third kappa shape index (κ3) is 15.5. The normalized spacial score (nSPS) is 13.8. The lowest BCUT2D eigenvalue weighted by Crippen LogP contribution is -2.18. The number of thiol groups is 1. The Morgan fingerprint density at radius 2 is 1.04 bits per heavy atom. The number of carbonyl (C=O) groups excluding carboxylic acids is 1. The summed E-state index contributed by atoms with van der Waals surface area (Å²) in [6.45, 7) is 5.97. The largest absolute Gasteiger partial charge is 0.300 e. The maximum Gasteiger partial charge on any atom is 0.133 e. The molecule has 2 unspecified atom stereocenters. The molecule has 0 fully saturated rings. The summed E-state index contributed by atoms with van der Waals surface area (Å²) in [4.78, 5) is 11.3. The van der Waals surface area contributed by atoms with Gasteiger partial charge in [0.25, 0.3) is 0 Å². The highest BCUT2D eigenvalue weighted by molar-refractivity contribution is 7.81. The van der Waals surface area contributed by atoms with Gasteiger partial charge in [-0.2, -0.15) is 12.6 Å². The number of carbonyl (C=O) groups is 1. The van der Waals surface area contributed by atoms with Crippen molar-refractivity contribution in [2.75, 3.05) is 0 Å². The Bertz CT molecular complexity index is 277. The molecule has 2 heteroatoms. The van der Waals surface area contributed by atoms with Gasteiger partial charge in [-0.05, 0) is 13.3 Å². The summed E-state index contributed by atoms with van der Waals surface area (Å²) in [5.74, 6) is 0.385. The van der Waals surface area contributed by atoms with Gasteiger partial charge in [-0.1, -0.05) is 110 Å². The first-order valence-electron chi connectivity index (χ1n) is 10.8. The minimum absolute atomic E-state index is 0.111. The lowest BCUT2D eigenvalue weighted by Gasteiger charge is -2.15. The third-order valence-electron chi connectivity index (χ3n) is 5.32. The van der Waals surface area contributed by atoms with Crippen LogP contribution in [0.4, 0.5) is 0 Å². The maximum absolute atomic E-state index is 11.3. The van der Waals surface area contributed by atoms with Crippen molar-refractivity contribution in [3.63, 3.8) is 0 Å². The van der Waals surface area contributed by atoms with Crippen LogP contribution in [0.5, 0.6) is 0 Å². The molecule has 24 heavy (non-hydrogen) atoms. The van der Waals surface area contributed by atoms with Gasteiger partial charge in [0, 0.05) is 11.2 Å². The van der Waals surface area contributed by atoms with Crippen LogP contribution >= 0.6 is 12.6 Å². The summed E-state index contributed by atoms with van der Waals surface area (Å²) in [6.07, 6.45) is 22.1. The third-order valence-corrected chi connectivity index (χ3v) is 6.03. The number of rotatable bonds is 18. The van der Waals surface area contributed by atoms with Crippen LogP contribution in [0.15, 0.2) is 0 Å². The van der Waals surface area contributed by atoms with Crippen molar-refractivity contribution in [1.29, 1.82) is 0 Å². The summed E-state index contributed by atoms with van der Waals surface area (Å²) >= 11 is 4.57. The molecule has 0 aliphatic carbocycles. The number of hydrogen-bond acceptors (Lipinski definition) is 2. The smallest absolute Gasteiger partial charge is 0.133 e. The summed E-state index contributed by atoms with van der Waals surface area (Å²) in [5.41, 5.74) is 0. The molecule has 0 heterocycles. The Labute approximate surface area is 158 Å². The van der Waals surface area contributed by atoms with Crippen LogP contribution in [-0.4, -0.2) is 11.0 Å². The Kier molecular flexibility index (Phi) is 17.8. The summed E-state index contributed by atoms with van der Waals surface area (Å²) < 4.78 is 0. The molecule has 0 aromatic rings. The average Bonchev–Trinajstić information content (AvgIpc) is 2.57. The monoisotopic (exact) mass is 356 g/mol. The van der Waals surface area contributed by atoms with Crippen LogP contribution in [0.3, 0.4) is 0 Å². The number of Topliss-reactive ketones (excluding diaryl/α,β-unsaturated/α-hetero) is 1. The van der Waals surface area contributed by atoms with Gasteiger partial charge in [0.1, 0.15) is 5.78 Å². The van der Waals surface area contributed by atoms with E-state index in [-0.39, 0.29) is 17.0 Å². The molecular formula is C22H44OS. The highest BCUT2D eigenvalue weighted by atomic mass is 32.1. The average molecular weight is 357 g/mol. The fourth-order valence-electron chi connectivity index (χ4n) is 3.25. The number of ketones is 1.